The largest absolute Gasteiger partial charge is 0.340 e. The number of H-pyrrole nitrogens is 4. The first kappa shape index (κ1) is 58.8. The van der Waals surface area contributed by atoms with Crippen molar-refractivity contribution < 1.29 is 0 Å². The lowest BCUT2D eigenvalue weighted by Gasteiger charge is -2.09. The van der Waals surface area contributed by atoms with E-state index in [1.54, 1.807) is 18.6 Å². The van der Waals surface area contributed by atoms with E-state index in [9.17, 15) is 0 Å². The van der Waals surface area contributed by atoms with Gasteiger partial charge in [0.05, 0.1) is 73.6 Å². The average Bonchev–Trinajstić information content (AvgIpc) is 1.63. The maximum absolute atomic E-state index is 4.91. The molecule has 24 heteroatoms. The molecule has 94 heavy (non-hydrogen) atoms. The summed E-state index contributed by atoms with van der Waals surface area (Å²) in [6.45, 7) is 17.0. The lowest BCUT2D eigenvalue weighted by Crippen LogP contribution is -2.03. The molecule has 24 nitrogen and oxygen atoms in total. The van der Waals surface area contributed by atoms with E-state index in [4.69, 9.17) is 10.2 Å². The number of aromatic amines is 4. The first-order valence-corrected chi connectivity index (χ1v) is 32.0. The van der Waals surface area contributed by atoms with Gasteiger partial charge in [-0.05, 0) is 184 Å². The summed E-state index contributed by atoms with van der Waals surface area (Å²) in [5.41, 5.74) is 16.0. The van der Waals surface area contributed by atoms with Crippen molar-refractivity contribution in [3.05, 3.63) is 169 Å². The molecular formula is C70H72N24. The van der Waals surface area contributed by atoms with Crippen molar-refractivity contribution in [3.8, 4) is 0 Å². The van der Waals surface area contributed by atoms with Gasteiger partial charge in [0.15, 0.2) is 28.4 Å². The lowest BCUT2D eigenvalue weighted by atomic mass is 10.1. The molecule has 13 aromatic heterocycles. The van der Waals surface area contributed by atoms with Gasteiger partial charge in [0, 0.05) is 100 Å². The summed E-state index contributed by atoms with van der Waals surface area (Å²) in [6, 6.07) is 37.9. The Morgan fingerprint density at radius 1 is 0.426 bits per heavy atom. The number of nitrogens with one attached hydrogen (secondary N) is 8. The van der Waals surface area contributed by atoms with Crippen LogP contribution in [0.2, 0.25) is 0 Å². The van der Waals surface area contributed by atoms with Crippen molar-refractivity contribution in [2.75, 3.05) is 21.3 Å². The third kappa shape index (κ3) is 11.5. The fourth-order valence-electron chi connectivity index (χ4n) is 12.2. The van der Waals surface area contributed by atoms with Gasteiger partial charge in [-0.2, -0.15) is 35.7 Å². The third-order valence-electron chi connectivity index (χ3n) is 17.1. The predicted octanol–water partition coefficient (Wildman–Crippen LogP) is 15.9. The Bertz CT molecular complexity index is 5250. The molecule has 0 spiro atoms. The van der Waals surface area contributed by atoms with Gasteiger partial charge >= 0.3 is 0 Å². The van der Waals surface area contributed by atoms with Crippen LogP contribution in [0.5, 0.6) is 0 Å². The van der Waals surface area contributed by atoms with Gasteiger partial charge in [0.25, 0.3) is 0 Å². The minimum absolute atomic E-state index is 0.278. The van der Waals surface area contributed by atoms with Gasteiger partial charge in [-0.1, -0.05) is 12.1 Å². The van der Waals surface area contributed by atoms with Crippen LogP contribution in [0, 0.1) is 13.8 Å². The summed E-state index contributed by atoms with van der Waals surface area (Å²) >= 11 is 0. The van der Waals surface area contributed by atoms with Gasteiger partial charge in [-0.15, -0.1) is 0 Å². The monoisotopic (exact) mass is 1250 g/mol. The number of hydrogen-bond donors (Lipinski definition) is 8. The van der Waals surface area contributed by atoms with E-state index < -0.39 is 0 Å². The van der Waals surface area contributed by atoms with Crippen LogP contribution in [0.25, 0.3) is 87.9 Å². The van der Waals surface area contributed by atoms with Crippen LogP contribution in [0.15, 0.2) is 146 Å². The smallest absolute Gasteiger partial charge is 0.183 e. The highest BCUT2D eigenvalue weighted by atomic mass is 15.3. The molecule has 16 aromatic rings. The van der Waals surface area contributed by atoms with E-state index in [-0.39, 0.29) is 6.04 Å². The molecule has 0 radical (unpaired) electrons. The molecule has 0 bridgehead atoms. The SMILES string of the molecule is CC(C)n1nc(C2CC2)c2ccc(Nc3[nH]nc4ncccc34)cc21.CC(C)n1nc(C2CC2)c2ccc(Nc3n[nH]c4ccccc34)cc21.Cc1cn(C)c2ncc(Nc3[nH]nc4ncccc34)cc12.Cc1nn(C(C)C)c2ncc(Nc3[nH]nc4ncccc34)cc12. The zero-order valence-electron chi connectivity index (χ0n) is 53.7. The molecule has 0 saturated heterocycles. The number of rotatable bonds is 13. The van der Waals surface area contributed by atoms with Crippen molar-refractivity contribution in [1.82, 2.24) is 99.6 Å². The average molecular weight is 1250 g/mol. The van der Waals surface area contributed by atoms with Gasteiger partial charge in [0.1, 0.15) is 23.1 Å². The summed E-state index contributed by atoms with van der Waals surface area (Å²) in [4.78, 5) is 21.8. The summed E-state index contributed by atoms with van der Waals surface area (Å²) in [5.74, 6) is 4.64. The zero-order valence-corrected chi connectivity index (χ0v) is 53.7. The number of hydrogen-bond acceptors (Lipinski definition) is 16. The zero-order chi connectivity index (χ0) is 64.3. The second kappa shape index (κ2) is 24.2. The first-order chi connectivity index (χ1) is 45.8. The van der Waals surface area contributed by atoms with Crippen molar-refractivity contribution in [2.24, 2.45) is 7.05 Å². The van der Waals surface area contributed by atoms with E-state index in [0.29, 0.717) is 40.9 Å². The number of pyridine rings is 5. The maximum atomic E-state index is 4.91. The number of benzene rings is 3. The molecule has 18 rings (SSSR count). The van der Waals surface area contributed by atoms with Crippen LogP contribution in [0.4, 0.5) is 46.0 Å². The Kier molecular flexibility index (Phi) is 15.2. The Hall–Kier alpha value is -11.6. The molecule has 0 amide bonds. The molecule has 2 saturated carbocycles. The Morgan fingerprint density at radius 3 is 1.40 bits per heavy atom. The molecule has 2 aliphatic rings. The highest BCUT2D eigenvalue weighted by Gasteiger charge is 2.31. The fourth-order valence-corrected chi connectivity index (χ4v) is 12.2. The molecule has 0 atom stereocenters. The van der Waals surface area contributed by atoms with Gasteiger partial charge in [0.2, 0.25) is 0 Å². The molecule has 13 heterocycles. The van der Waals surface area contributed by atoms with Crippen LogP contribution in [-0.2, 0) is 7.05 Å². The van der Waals surface area contributed by atoms with Crippen LogP contribution in [0.1, 0.15) is 120 Å². The number of anilines is 8. The van der Waals surface area contributed by atoms with Gasteiger partial charge in [-0.25, -0.2) is 29.6 Å². The molecule has 3 aromatic carbocycles. The maximum Gasteiger partial charge on any atom is 0.183 e. The number of nitrogens with zero attached hydrogens (tertiary/aromatic N) is 16. The van der Waals surface area contributed by atoms with Crippen molar-refractivity contribution in [3.63, 3.8) is 0 Å². The molecule has 2 aliphatic carbocycles. The van der Waals surface area contributed by atoms with E-state index in [1.165, 1.54) is 64.4 Å². The third-order valence-corrected chi connectivity index (χ3v) is 17.1. The van der Waals surface area contributed by atoms with Crippen LogP contribution in [0.3, 0.4) is 0 Å². The predicted molar refractivity (Wildman–Crippen MR) is 373 cm³/mol. The minimum Gasteiger partial charge on any atom is -0.340 e. The Balaban J connectivity index is 0.000000104. The van der Waals surface area contributed by atoms with Crippen molar-refractivity contribution in [2.45, 2.75) is 111 Å². The Morgan fingerprint density at radius 2 is 0.894 bits per heavy atom. The topological polar surface area (TPSA) is 286 Å². The van der Waals surface area contributed by atoms with Gasteiger partial charge < -0.3 is 25.8 Å². The van der Waals surface area contributed by atoms with Gasteiger partial charge in [-0.3, -0.25) is 29.8 Å². The molecule has 8 N–H and O–H groups in total. The highest BCUT2D eigenvalue weighted by molar-refractivity contribution is 5.96. The van der Waals surface area contributed by atoms with Crippen LogP contribution in [-0.4, -0.2) is 99.6 Å². The second-order valence-electron chi connectivity index (χ2n) is 25.1. The van der Waals surface area contributed by atoms with E-state index >= 15 is 0 Å². The van der Waals surface area contributed by atoms with E-state index in [1.807, 2.05) is 90.2 Å². The second-order valence-corrected chi connectivity index (χ2v) is 25.1. The van der Waals surface area contributed by atoms with E-state index in [0.717, 1.165) is 101 Å². The number of aryl methyl sites for hydroxylation is 3. The van der Waals surface area contributed by atoms with Crippen LogP contribution < -0.4 is 21.3 Å². The summed E-state index contributed by atoms with van der Waals surface area (Å²) in [6.07, 6.45) is 16.0. The summed E-state index contributed by atoms with van der Waals surface area (Å²) in [5, 5.41) is 65.7. The molecule has 472 valence electrons. The minimum atomic E-state index is 0.278. The molecular weight excluding hydrogens is 1180 g/mol. The number of fused-ring (bicyclic) bond motifs is 8. The molecule has 0 unspecified atom stereocenters. The Labute approximate surface area is 539 Å². The first-order valence-electron chi connectivity index (χ1n) is 32.0. The number of aromatic nitrogens is 20. The summed E-state index contributed by atoms with van der Waals surface area (Å²) < 4.78 is 8.27. The summed E-state index contributed by atoms with van der Waals surface area (Å²) in [7, 11) is 2.00. The highest BCUT2D eigenvalue weighted by Crippen LogP contribution is 2.45. The van der Waals surface area contributed by atoms with E-state index in [2.05, 4.69) is 211 Å². The standard InChI is InChI=1S/C20H21N5.C19H20N6.C16H17N7.C15H14N6/c1-12(2)25-18-11-14(9-10-16(18)19(24-25)13-7-8-13)21-20-15-5-3-4-6-17(15)22-23-20;1-11(2)25-16-10-13(7-8-14(16)17(24-25)12-5-6-12)21-19-15-4-3-9-20-18(15)22-23-19;1-9(2)23-16-13(10(3)22-23)7-11(8-18-16)19-15-12-5-4-6-17-14(12)20-21-15;1-9-8-21(2)15-12(9)6-10(7-17-15)18-14-11-4-3-5-16-13(11)19-20-14/h3-6,9-13H,7-8H2,1-2H3,(H2,21,22,23);3-4,7-12H,5-6H2,1-2H3,(H2,20,21,22,23);4-9H,1-3H3,(H2,17,19,20,21);3-8H,1-2H3,(H2,16,18,19,20). The normalized spacial score (nSPS) is 13.2. The van der Waals surface area contributed by atoms with Crippen molar-refractivity contribution >= 4 is 134 Å². The fraction of sp³-hybridized carbons (Fsp3) is 0.257. The van der Waals surface area contributed by atoms with Crippen LogP contribution >= 0.6 is 0 Å². The quantitative estimate of drug-likeness (QED) is 0.0532. The molecule has 0 aliphatic heterocycles. The number of para-hydroxylation sites is 1. The lowest BCUT2D eigenvalue weighted by molar-refractivity contribution is 0.542. The van der Waals surface area contributed by atoms with Crippen molar-refractivity contribution in [1.29, 1.82) is 0 Å². The molecule has 2 fully saturated rings.